The number of hydrogen-bond donors (Lipinski definition) is 0. The van der Waals surface area contributed by atoms with Gasteiger partial charge in [0.1, 0.15) is 29.7 Å². The summed E-state index contributed by atoms with van der Waals surface area (Å²) < 4.78 is 82.4. The number of benzene rings is 1. The molecule has 4 aliphatic rings. The molecule has 2 bridgehead atoms. The molecule has 4 fully saturated rings. The monoisotopic (exact) mass is 661 g/mol. The lowest BCUT2D eigenvalue weighted by atomic mass is 9.95. The third-order valence-corrected chi connectivity index (χ3v) is 9.53. The van der Waals surface area contributed by atoms with Crippen LogP contribution in [-0.4, -0.2) is 88.0 Å². The molecular formula is C28H33BrF5N5O3. The number of fused-ring (bicyclic) bond motifs is 4. The van der Waals surface area contributed by atoms with Crippen molar-refractivity contribution in [2.75, 3.05) is 37.7 Å². The number of nitrogens with zero attached hydrogens (tertiary/aromatic N) is 5. The predicted octanol–water partition coefficient (Wildman–Crippen LogP) is 6.09. The van der Waals surface area contributed by atoms with E-state index < -0.39 is 45.4 Å². The molecule has 14 heteroatoms. The van der Waals surface area contributed by atoms with Crippen molar-refractivity contribution in [3.63, 3.8) is 0 Å². The van der Waals surface area contributed by atoms with Crippen LogP contribution in [0.15, 0.2) is 10.5 Å². The summed E-state index contributed by atoms with van der Waals surface area (Å²) in [6.45, 7) is 7.03. The average Bonchev–Trinajstić information content (AvgIpc) is 3.50. The van der Waals surface area contributed by atoms with Crippen molar-refractivity contribution in [2.24, 2.45) is 0 Å². The molecule has 2 aromatic rings. The first kappa shape index (κ1) is 29.6. The summed E-state index contributed by atoms with van der Waals surface area (Å²) in [5, 5.41) is -0.106. The molecule has 42 heavy (non-hydrogen) atoms. The van der Waals surface area contributed by atoms with Crippen molar-refractivity contribution in [2.45, 2.75) is 88.4 Å². The minimum atomic E-state index is -4.83. The zero-order chi connectivity index (χ0) is 30.2. The molecule has 6 rings (SSSR count). The number of aromatic nitrogens is 2. The minimum absolute atomic E-state index is 0.0828. The number of carbonyl (C=O) groups is 1. The summed E-state index contributed by atoms with van der Waals surface area (Å²) in [6, 6.07) is 0.141. The summed E-state index contributed by atoms with van der Waals surface area (Å²) in [4.78, 5) is 27.3. The van der Waals surface area contributed by atoms with E-state index >= 15 is 4.39 Å². The standard InChI is InChI=1S/C28H33BrF5N5O3/c1-26(2,3)42-25(40)39-16-5-6-17(39)13-37(12-16)23-18-9-19(28(32,33)34)20(29)21(31)22(18)35-24(36-23)41-14-27-7-4-8-38(27)11-15(30)10-27/h9,15-17H,4-8,10-14H2,1-3H3/t15-,16?,17?,27+/m1/s1. The molecule has 5 heterocycles. The highest BCUT2D eigenvalue weighted by molar-refractivity contribution is 9.10. The average molecular weight is 662 g/mol. The summed E-state index contributed by atoms with van der Waals surface area (Å²) in [5.41, 5.74) is -2.69. The third kappa shape index (κ3) is 5.26. The molecule has 0 saturated carbocycles. The van der Waals surface area contributed by atoms with Crippen LogP contribution in [0.25, 0.3) is 10.9 Å². The number of piperazine rings is 1. The van der Waals surface area contributed by atoms with Gasteiger partial charge >= 0.3 is 18.3 Å². The van der Waals surface area contributed by atoms with Crippen LogP contribution in [0.5, 0.6) is 6.01 Å². The summed E-state index contributed by atoms with van der Waals surface area (Å²) in [6.07, 6.45) is -2.95. The number of ether oxygens (including phenoxy) is 2. The number of rotatable bonds is 4. The van der Waals surface area contributed by atoms with Gasteiger partial charge in [-0.25, -0.2) is 13.6 Å². The Hall–Kier alpha value is -2.48. The summed E-state index contributed by atoms with van der Waals surface area (Å²) in [7, 11) is 0. The molecule has 1 aromatic heterocycles. The van der Waals surface area contributed by atoms with Crippen LogP contribution in [0.2, 0.25) is 0 Å². The van der Waals surface area contributed by atoms with Gasteiger partial charge in [-0.15, -0.1) is 0 Å². The first-order valence-corrected chi connectivity index (χ1v) is 15.0. The number of halogens is 6. The smallest absolute Gasteiger partial charge is 0.417 e. The summed E-state index contributed by atoms with van der Waals surface area (Å²) >= 11 is 2.78. The van der Waals surface area contributed by atoms with Crippen molar-refractivity contribution >= 4 is 38.7 Å². The fourth-order valence-corrected chi connectivity index (χ4v) is 7.54. The molecule has 4 aliphatic heterocycles. The van der Waals surface area contributed by atoms with E-state index in [1.165, 1.54) is 0 Å². The maximum Gasteiger partial charge on any atom is 0.417 e. The number of anilines is 1. The lowest BCUT2D eigenvalue weighted by Crippen LogP contribution is -2.57. The number of hydrogen-bond acceptors (Lipinski definition) is 7. The lowest BCUT2D eigenvalue weighted by Gasteiger charge is -2.42. The van der Waals surface area contributed by atoms with Gasteiger partial charge in [0.15, 0.2) is 5.82 Å². The molecule has 1 aromatic carbocycles. The van der Waals surface area contributed by atoms with Crippen LogP contribution in [-0.2, 0) is 10.9 Å². The number of alkyl halides is 4. The van der Waals surface area contributed by atoms with Crippen molar-refractivity contribution in [1.29, 1.82) is 0 Å². The Balaban J connectivity index is 1.37. The van der Waals surface area contributed by atoms with Crippen LogP contribution in [0.3, 0.4) is 0 Å². The summed E-state index contributed by atoms with van der Waals surface area (Å²) in [5.74, 6) is -1.07. The second kappa shape index (κ2) is 10.3. The molecule has 0 spiro atoms. The third-order valence-electron chi connectivity index (χ3n) is 8.75. The second-order valence-electron chi connectivity index (χ2n) is 12.8. The Kier molecular flexibility index (Phi) is 7.26. The van der Waals surface area contributed by atoms with Gasteiger partial charge in [-0.05, 0) is 75.0 Å². The molecule has 0 radical (unpaired) electrons. The molecular weight excluding hydrogens is 629 g/mol. The van der Waals surface area contributed by atoms with E-state index in [9.17, 15) is 22.4 Å². The van der Waals surface area contributed by atoms with Crippen LogP contribution in [0, 0.1) is 5.82 Å². The quantitative estimate of drug-likeness (QED) is 0.367. The highest BCUT2D eigenvalue weighted by Crippen LogP contribution is 2.44. The Morgan fingerprint density at radius 3 is 2.48 bits per heavy atom. The molecule has 4 atom stereocenters. The fraction of sp³-hybridized carbons (Fsp3) is 0.679. The second-order valence-corrected chi connectivity index (χ2v) is 13.6. The van der Waals surface area contributed by atoms with E-state index in [2.05, 4.69) is 30.8 Å². The highest BCUT2D eigenvalue weighted by Gasteiger charge is 2.50. The van der Waals surface area contributed by atoms with Gasteiger partial charge in [0.05, 0.1) is 27.7 Å². The maximum atomic E-state index is 15.6. The first-order chi connectivity index (χ1) is 19.6. The molecule has 4 saturated heterocycles. The van der Waals surface area contributed by atoms with Crippen LogP contribution in [0.1, 0.15) is 58.4 Å². The fourth-order valence-electron chi connectivity index (χ4n) is 7.02. The Bertz CT molecular complexity index is 1390. The van der Waals surface area contributed by atoms with Gasteiger partial charge in [-0.1, -0.05) is 0 Å². The molecule has 230 valence electrons. The molecule has 0 N–H and O–H groups in total. The Morgan fingerprint density at radius 2 is 1.83 bits per heavy atom. The zero-order valence-electron chi connectivity index (χ0n) is 23.6. The van der Waals surface area contributed by atoms with Crippen molar-refractivity contribution in [3.05, 3.63) is 21.9 Å². The first-order valence-electron chi connectivity index (χ1n) is 14.2. The van der Waals surface area contributed by atoms with E-state index in [1.807, 2.05) is 0 Å². The molecule has 1 amide bonds. The largest absolute Gasteiger partial charge is 0.461 e. The number of amides is 1. The van der Waals surface area contributed by atoms with Crippen LogP contribution >= 0.6 is 15.9 Å². The van der Waals surface area contributed by atoms with Gasteiger partial charge in [0, 0.05) is 31.4 Å². The Labute approximate surface area is 248 Å². The molecule has 8 nitrogen and oxygen atoms in total. The topological polar surface area (TPSA) is 71.0 Å². The van der Waals surface area contributed by atoms with Crippen molar-refractivity contribution < 1.29 is 36.2 Å². The molecule has 2 unspecified atom stereocenters. The van der Waals surface area contributed by atoms with Gasteiger partial charge in [0.2, 0.25) is 0 Å². The number of carbonyl (C=O) groups excluding carboxylic acids is 1. The maximum absolute atomic E-state index is 15.6. The van der Waals surface area contributed by atoms with E-state index in [0.29, 0.717) is 25.8 Å². The van der Waals surface area contributed by atoms with Gasteiger partial charge < -0.3 is 14.4 Å². The van der Waals surface area contributed by atoms with Gasteiger partial charge in [-0.3, -0.25) is 9.80 Å². The van der Waals surface area contributed by atoms with E-state index in [0.717, 1.165) is 25.5 Å². The Morgan fingerprint density at radius 1 is 1.14 bits per heavy atom. The molecule has 0 aliphatic carbocycles. The van der Waals surface area contributed by atoms with Crippen molar-refractivity contribution in [1.82, 2.24) is 19.8 Å². The van der Waals surface area contributed by atoms with Gasteiger partial charge in [0.25, 0.3) is 0 Å². The zero-order valence-corrected chi connectivity index (χ0v) is 25.2. The lowest BCUT2D eigenvalue weighted by molar-refractivity contribution is -0.138. The van der Waals surface area contributed by atoms with Gasteiger partial charge in [-0.2, -0.15) is 23.1 Å². The van der Waals surface area contributed by atoms with E-state index in [-0.39, 0.29) is 54.5 Å². The van der Waals surface area contributed by atoms with Crippen LogP contribution in [0.4, 0.5) is 32.6 Å². The predicted molar refractivity (Wildman–Crippen MR) is 148 cm³/mol. The SMILES string of the molecule is CC(C)(C)OC(=O)N1C2CCC1CN(c1nc(OC[C@@]34CCCN3C[C@H](F)C4)nc3c(F)c(Br)c(C(F)(F)F)cc13)C2. The normalized spacial score (nSPS) is 28.1. The van der Waals surface area contributed by atoms with E-state index in [4.69, 9.17) is 9.47 Å². The highest BCUT2D eigenvalue weighted by atomic mass is 79.9. The van der Waals surface area contributed by atoms with E-state index in [1.54, 1.807) is 30.6 Å². The van der Waals surface area contributed by atoms with Crippen LogP contribution < -0.4 is 9.64 Å². The van der Waals surface area contributed by atoms with Crippen molar-refractivity contribution in [3.8, 4) is 6.01 Å². The minimum Gasteiger partial charge on any atom is -0.461 e.